The maximum atomic E-state index is 6.07. The van der Waals surface area contributed by atoms with Gasteiger partial charge in [0.1, 0.15) is 0 Å². The maximum absolute atomic E-state index is 6.07. The quantitative estimate of drug-likeness (QED) is 0.551. The van der Waals surface area contributed by atoms with Crippen LogP contribution in [-0.2, 0) is 6.54 Å². The van der Waals surface area contributed by atoms with Gasteiger partial charge in [-0.15, -0.1) is 0 Å². The molecule has 3 heterocycles. The number of benzene rings is 1. The Morgan fingerprint density at radius 3 is 2.90 bits per heavy atom. The summed E-state index contributed by atoms with van der Waals surface area (Å²) in [6.07, 6.45) is 4.43. The van der Waals surface area contributed by atoms with Crippen molar-refractivity contribution < 1.29 is 0 Å². The number of likely N-dealkylation sites (tertiary alicyclic amines) is 1. The first-order valence-electron chi connectivity index (χ1n) is 10.3. The molecule has 0 spiro atoms. The first-order valence-corrected chi connectivity index (χ1v) is 10.7. The van der Waals surface area contributed by atoms with Crippen molar-refractivity contribution in [3.05, 3.63) is 71.9 Å². The second-order valence-electron chi connectivity index (χ2n) is 8.12. The lowest BCUT2D eigenvalue weighted by Gasteiger charge is -2.38. The number of halogens is 1. The van der Waals surface area contributed by atoms with E-state index in [1.807, 2.05) is 18.2 Å². The average Bonchev–Trinajstić information content (AvgIpc) is 3.31. The van der Waals surface area contributed by atoms with Crippen molar-refractivity contribution in [2.24, 2.45) is 0 Å². The molecule has 2 fully saturated rings. The first kappa shape index (κ1) is 19.8. The van der Waals surface area contributed by atoms with Crippen LogP contribution in [0.2, 0.25) is 5.02 Å². The monoisotopic (exact) mass is 411 g/mol. The fourth-order valence-corrected chi connectivity index (χ4v) is 4.47. The van der Waals surface area contributed by atoms with Gasteiger partial charge in [-0.3, -0.25) is 0 Å². The van der Waals surface area contributed by atoms with Crippen molar-refractivity contribution in [1.82, 2.24) is 25.8 Å². The van der Waals surface area contributed by atoms with Crippen molar-refractivity contribution in [3.8, 4) is 0 Å². The molecular weight excluding hydrogens is 382 g/mol. The van der Waals surface area contributed by atoms with Gasteiger partial charge in [0, 0.05) is 52.1 Å². The van der Waals surface area contributed by atoms with Crippen LogP contribution < -0.4 is 16.0 Å². The number of H-pyrrole nitrogens is 1. The van der Waals surface area contributed by atoms with Gasteiger partial charge in [-0.2, -0.15) is 0 Å². The average molecular weight is 412 g/mol. The molecule has 0 amide bonds. The van der Waals surface area contributed by atoms with Gasteiger partial charge in [0.05, 0.1) is 18.4 Å². The topological polar surface area (TPSA) is 55.1 Å². The summed E-state index contributed by atoms with van der Waals surface area (Å²) < 4.78 is 0. The molecule has 5 nitrogen and oxygen atoms in total. The molecule has 6 heteroatoms. The van der Waals surface area contributed by atoms with Crippen LogP contribution in [0.15, 0.2) is 61.2 Å². The minimum absolute atomic E-state index is 0.332. The van der Waals surface area contributed by atoms with Gasteiger partial charge in [-0.25, -0.2) is 0 Å². The van der Waals surface area contributed by atoms with Gasteiger partial charge < -0.3 is 25.8 Å². The molecule has 2 saturated heterocycles. The second-order valence-corrected chi connectivity index (χ2v) is 8.55. The van der Waals surface area contributed by atoms with Crippen molar-refractivity contribution >= 4 is 22.5 Å². The van der Waals surface area contributed by atoms with Gasteiger partial charge >= 0.3 is 0 Å². The zero-order valence-corrected chi connectivity index (χ0v) is 17.6. The molecule has 2 aromatic rings. The van der Waals surface area contributed by atoms with Crippen molar-refractivity contribution in [2.75, 3.05) is 13.1 Å². The van der Waals surface area contributed by atoms with E-state index in [2.05, 4.69) is 51.6 Å². The van der Waals surface area contributed by atoms with Crippen LogP contribution in [0.1, 0.15) is 31.4 Å². The van der Waals surface area contributed by atoms with Crippen LogP contribution in [0.3, 0.4) is 0 Å². The molecule has 2 atom stereocenters. The van der Waals surface area contributed by atoms with Crippen molar-refractivity contribution in [2.45, 2.75) is 44.3 Å². The predicted octanol–water partition coefficient (Wildman–Crippen LogP) is 4.22. The molecule has 2 aliphatic rings. The summed E-state index contributed by atoms with van der Waals surface area (Å²) in [4.78, 5) is 5.82. The number of hydrogen-bond acceptors (Lipinski definition) is 4. The highest BCUT2D eigenvalue weighted by atomic mass is 35.5. The van der Waals surface area contributed by atoms with Crippen LogP contribution in [-0.4, -0.2) is 35.1 Å². The van der Waals surface area contributed by atoms with Crippen LogP contribution in [0.5, 0.6) is 0 Å². The second kappa shape index (κ2) is 8.46. The highest BCUT2D eigenvalue weighted by molar-refractivity contribution is 6.31. The Labute approximate surface area is 177 Å². The van der Waals surface area contributed by atoms with Gasteiger partial charge in [0.25, 0.3) is 0 Å². The Bertz CT molecular complexity index is 930. The van der Waals surface area contributed by atoms with Gasteiger partial charge in [0.15, 0.2) is 0 Å². The third kappa shape index (κ3) is 4.73. The van der Waals surface area contributed by atoms with Crippen LogP contribution in [0.25, 0.3) is 10.9 Å². The Hall–Kier alpha value is -2.53. The zero-order valence-electron chi connectivity index (χ0n) is 16.9. The van der Waals surface area contributed by atoms with Crippen LogP contribution in [0, 0.1) is 0 Å². The number of fused-ring (bicyclic) bond motifs is 1. The lowest BCUT2D eigenvalue weighted by Crippen LogP contribution is -2.48. The van der Waals surface area contributed by atoms with Crippen LogP contribution in [0.4, 0.5) is 0 Å². The predicted molar refractivity (Wildman–Crippen MR) is 121 cm³/mol. The number of nitrogens with one attached hydrogen (secondary N) is 4. The normalized spacial score (nSPS) is 21.8. The smallest absolute Gasteiger partial charge is 0.0918 e. The first-order chi connectivity index (χ1) is 14.0. The molecule has 2 unspecified atom stereocenters. The van der Waals surface area contributed by atoms with Crippen molar-refractivity contribution in [3.63, 3.8) is 0 Å². The minimum atomic E-state index is 0.332. The molecule has 154 valence electrons. The Morgan fingerprint density at radius 2 is 2.10 bits per heavy atom. The SMILES string of the molecule is C=C1CCC(C(=C)N2CCCC(NC(=C)NCc3cc4cc(Cl)ccc4[nH]3)C2)N1. The number of allylic oxidation sites excluding steroid dienone is 1. The summed E-state index contributed by atoms with van der Waals surface area (Å²) in [6, 6.07) is 8.70. The lowest BCUT2D eigenvalue weighted by molar-refractivity contribution is 0.227. The summed E-state index contributed by atoms with van der Waals surface area (Å²) in [6.45, 7) is 15.3. The number of piperidine rings is 1. The van der Waals surface area contributed by atoms with E-state index in [0.717, 1.165) is 71.9 Å². The molecule has 4 N–H and O–H groups in total. The standard InChI is InChI=1S/C23H30ClN5/c1-15-6-8-22(26-15)16(2)29-10-4-5-20(14-29)27-17(3)25-13-21-12-18-11-19(24)7-9-23(18)28-21/h7,9,11-12,20,22,25-28H,1-6,8,10,13-14H2. The van der Waals surface area contributed by atoms with Gasteiger partial charge in [-0.1, -0.05) is 31.3 Å². The van der Waals surface area contributed by atoms with E-state index < -0.39 is 0 Å². The molecule has 29 heavy (non-hydrogen) atoms. The van der Waals surface area contributed by atoms with E-state index in [4.69, 9.17) is 11.6 Å². The fraction of sp³-hybridized carbons (Fsp3) is 0.391. The summed E-state index contributed by atoms with van der Waals surface area (Å²) in [7, 11) is 0. The molecule has 2 aliphatic heterocycles. The summed E-state index contributed by atoms with van der Waals surface area (Å²) in [5.74, 6) is 0.853. The van der Waals surface area contributed by atoms with E-state index in [1.54, 1.807) is 0 Å². The molecular formula is C23H30ClN5. The zero-order chi connectivity index (χ0) is 20.4. The molecule has 1 aromatic carbocycles. The molecule has 4 rings (SSSR count). The Balaban J connectivity index is 1.27. The maximum Gasteiger partial charge on any atom is 0.0918 e. The molecule has 0 bridgehead atoms. The number of aromatic nitrogens is 1. The fourth-order valence-electron chi connectivity index (χ4n) is 4.29. The van der Waals surface area contributed by atoms with Crippen molar-refractivity contribution in [1.29, 1.82) is 0 Å². The number of hydrogen-bond donors (Lipinski definition) is 4. The molecule has 1 aromatic heterocycles. The number of rotatable bonds is 7. The lowest BCUT2D eigenvalue weighted by atomic mass is 10.0. The summed E-state index contributed by atoms with van der Waals surface area (Å²) >= 11 is 6.07. The van der Waals surface area contributed by atoms with Crippen LogP contribution >= 0.6 is 11.6 Å². The highest BCUT2D eigenvalue weighted by Crippen LogP contribution is 2.24. The third-order valence-electron chi connectivity index (χ3n) is 5.85. The van der Waals surface area contributed by atoms with E-state index in [-0.39, 0.29) is 0 Å². The Morgan fingerprint density at radius 1 is 1.24 bits per heavy atom. The van der Waals surface area contributed by atoms with Gasteiger partial charge in [0.2, 0.25) is 0 Å². The summed E-state index contributed by atoms with van der Waals surface area (Å²) in [5, 5.41) is 12.3. The molecule has 0 radical (unpaired) electrons. The number of aromatic amines is 1. The van der Waals surface area contributed by atoms with E-state index >= 15 is 0 Å². The van der Waals surface area contributed by atoms with E-state index in [0.29, 0.717) is 18.6 Å². The number of nitrogens with zero attached hydrogens (tertiary/aromatic N) is 1. The minimum Gasteiger partial charge on any atom is -0.381 e. The molecule has 0 aliphatic carbocycles. The highest BCUT2D eigenvalue weighted by Gasteiger charge is 2.27. The van der Waals surface area contributed by atoms with Gasteiger partial charge in [-0.05, 0) is 49.9 Å². The summed E-state index contributed by atoms with van der Waals surface area (Å²) in [5.41, 5.74) is 4.51. The molecule has 0 saturated carbocycles. The Kier molecular flexibility index (Phi) is 5.76. The largest absolute Gasteiger partial charge is 0.381 e. The van der Waals surface area contributed by atoms with E-state index in [1.165, 1.54) is 5.70 Å². The van der Waals surface area contributed by atoms with E-state index in [9.17, 15) is 0 Å². The third-order valence-corrected chi connectivity index (χ3v) is 6.09.